The van der Waals surface area contributed by atoms with E-state index in [1.165, 1.54) is 11.1 Å². The van der Waals surface area contributed by atoms with Gasteiger partial charge in [0.25, 0.3) is 0 Å². The van der Waals surface area contributed by atoms with E-state index in [-0.39, 0.29) is 6.04 Å². The van der Waals surface area contributed by atoms with Crippen LogP contribution in [0.4, 0.5) is 5.69 Å². The van der Waals surface area contributed by atoms with Gasteiger partial charge in [-0.05, 0) is 48.2 Å². The van der Waals surface area contributed by atoms with E-state index in [4.69, 9.17) is 11.6 Å². The minimum absolute atomic E-state index is 0.00130. The van der Waals surface area contributed by atoms with Crippen molar-refractivity contribution in [1.82, 2.24) is 5.43 Å². The third kappa shape index (κ3) is 3.35. The Morgan fingerprint density at radius 1 is 1.21 bits per heavy atom. The Kier molecular flexibility index (Phi) is 4.58. The summed E-state index contributed by atoms with van der Waals surface area (Å²) in [5.41, 5.74) is 13.2. The van der Waals surface area contributed by atoms with Gasteiger partial charge in [-0.2, -0.15) is 0 Å². The fourth-order valence-corrected chi connectivity index (χ4v) is 2.54. The summed E-state index contributed by atoms with van der Waals surface area (Å²) < 4.78 is 1.00. The summed E-state index contributed by atoms with van der Waals surface area (Å²) in [6.07, 6.45) is 0.809. The van der Waals surface area contributed by atoms with Crippen LogP contribution in [0.5, 0.6) is 0 Å². The highest BCUT2D eigenvalue weighted by Gasteiger charge is 2.14. The van der Waals surface area contributed by atoms with Crippen LogP contribution in [0.25, 0.3) is 0 Å². The molecule has 1 unspecified atom stereocenters. The van der Waals surface area contributed by atoms with Crippen LogP contribution in [0.3, 0.4) is 0 Å². The molecule has 0 aliphatic rings. The number of nitrogen functional groups attached to an aromatic ring is 1. The summed E-state index contributed by atoms with van der Waals surface area (Å²) in [6.45, 7) is 2.10. The Bertz CT molecular complexity index is 569. The number of hydrazine groups is 1. The van der Waals surface area contributed by atoms with Gasteiger partial charge in [-0.15, -0.1) is 0 Å². The molecule has 0 saturated heterocycles. The number of anilines is 1. The van der Waals surface area contributed by atoms with Crippen molar-refractivity contribution >= 4 is 21.6 Å². The summed E-state index contributed by atoms with van der Waals surface area (Å²) in [6, 6.07) is 14.1. The van der Waals surface area contributed by atoms with Crippen molar-refractivity contribution in [2.24, 2.45) is 5.84 Å². The van der Waals surface area contributed by atoms with E-state index < -0.39 is 0 Å². The number of halogens is 1. The fraction of sp³-hybridized carbons (Fsp3) is 0.200. The summed E-state index contributed by atoms with van der Waals surface area (Å²) in [5.74, 6) is 5.70. The van der Waals surface area contributed by atoms with E-state index in [1.54, 1.807) is 0 Å². The maximum atomic E-state index is 6.04. The molecular weight excluding hydrogens is 302 g/mol. The molecule has 0 aromatic heterocycles. The Hall–Kier alpha value is -1.36. The van der Waals surface area contributed by atoms with Crippen LogP contribution in [0.1, 0.15) is 22.7 Å². The molecule has 4 heteroatoms. The molecule has 100 valence electrons. The van der Waals surface area contributed by atoms with Crippen molar-refractivity contribution in [2.75, 3.05) is 5.73 Å². The molecule has 2 aromatic rings. The zero-order chi connectivity index (χ0) is 13.8. The van der Waals surface area contributed by atoms with Gasteiger partial charge in [-0.3, -0.25) is 11.3 Å². The average Bonchev–Trinajstić information content (AvgIpc) is 2.41. The molecule has 0 fully saturated rings. The number of hydrogen-bond donors (Lipinski definition) is 3. The molecule has 3 nitrogen and oxygen atoms in total. The van der Waals surface area contributed by atoms with Crippen molar-refractivity contribution < 1.29 is 0 Å². The van der Waals surface area contributed by atoms with E-state index in [9.17, 15) is 0 Å². The third-order valence-electron chi connectivity index (χ3n) is 3.31. The molecule has 0 bridgehead atoms. The summed E-state index contributed by atoms with van der Waals surface area (Å²) in [5, 5.41) is 0. The second-order valence-electron chi connectivity index (χ2n) is 4.62. The smallest absolute Gasteiger partial charge is 0.0521 e. The predicted octanol–water partition coefficient (Wildman–Crippen LogP) is 3.09. The second-order valence-corrected chi connectivity index (χ2v) is 5.54. The lowest BCUT2D eigenvalue weighted by Gasteiger charge is -2.19. The topological polar surface area (TPSA) is 64.1 Å². The highest BCUT2D eigenvalue weighted by atomic mass is 79.9. The molecule has 0 saturated carbocycles. The molecule has 0 aliphatic heterocycles. The fourth-order valence-electron chi connectivity index (χ4n) is 2.17. The predicted molar refractivity (Wildman–Crippen MR) is 83.5 cm³/mol. The first kappa shape index (κ1) is 14.1. The molecule has 0 heterocycles. The minimum atomic E-state index is -0.00130. The highest BCUT2D eigenvalue weighted by Crippen LogP contribution is 2.27. The molecule has 0 amide bonds. The number of hydrogen-bond acceptors (Lipinski definition) is 3. The van der Waals surface area contributed by atoms with Gasteiger partial charge in [0.2, 0.25) is 0 Å². The van der Waals surface area contributed by atoms with Gasteiger partial charge in [0, 0.05) is 10.2 Å². The standard InChI is InChI=1S/C15H18BrN3/c1-10-4-2-3-5-11(10)8-15(19-18)13-9-12(16)6-7-14(13)17/h2-7,9,15,19H,8,17-18H2,1H3. The zero-order valence-electron chi connectivity index (χ0n) is 10.9. The number of rotatable bonds is 4. The lowest BCUT2D eigenvalue weighted by atomic mass is 9.95. The van der Waals surface area contributed by atoms with E-state index in [0.717, 1.165) is 22.1 Å². The molecule has 5 N–H and O–H groups in total. The zero-order valence-corrected chi connectivity index (χ0v) is 12.4. The van der Waals surface area contributed by atoms with Gasteiger partial charge in [0.05, 0.1) is 6.04 Å². The van der Waals surface area contributed by atoms with Crippen molar-refractivity contribution in [2.45, 2.75) is 19.4 Å². The largest absolute Gasteiger partial charge is 0.398 e. The van der Waals surface area contributed by atoms with Crippen molar-refractivity contribution in [3.63, 3.8) is 0 Å². The SMILES string of the molecule is Cc1ccccc1CC(NN)c1cc(Br)ccc1N. The van der Waals surface area contributed by atoms with Crippen LogP contribution in [-0.4, -0.2) is 0 Å². The lowest BCUT2D eigenvalue weighted by molar-refractivity contribution is 0.552. The first-order chi connectivity index (χ1) is 9.11. The van der Waals surface area contributed by atoms with Gasteiger partial charge in [0.1, 0.15) is 0 Å². The number of benzene rings is 2. The number of nitrogens with one attached hydrogen (secondary N) is 1. The van der Waals surface area contributed by atoms with E-state index >= 15 is 0 Å². The van der Waals surface area contributed by atoms with Gasteiger partial charge >= 0.3 is 0 Å². The van der Waals surface area contributed by atoms with Crippen molar-refractivity contribution in [1.29, 1.82) is 0 Å². The number of nitrogens with two attached hydrogens (primary N) is 2. The summed E-state index contributed by atoms with van der Waals surface area (Å²) in [7, 11) is 0. The quantitative estimate of drug-likeness (QED) is 0.461. The van der Waals surface area contributed by atoms with Gasteiger partial charge < -0.3 is 5.73 Å². The Balaban J connectivity index is 2.30. The van der Waals surface area contributed by atoms with Gasteiger partial charge in [-0.1, -0.05) is 40.2 Å². The van der Waals surface area contributed by atoms with E-state index in [0.29, 0.717) is 0 Å². The Morgan fingerprint density at radius 3 is 2.63 bits per heavy atom. The molecule has 0 radical (unpaired) electrons. The molecule has 2 rings (SSSR count). The van der Waals surface area contributed by atoms with Crippen molar-refractivity contribution in [3.05, 3.63) is 63.6 Å². The van der Waals surface area contributed by atoms with E-state index in [1.807, 2.05) is 30.3 Å². The van der Waals surface area contributed by atoms with Crippen LogP contribution >= 0.6 is 15.9 Å². The summed E-state index contributed by atoms with van der Waals surface area (Å²) in [4.78, 5) is 0. The molecule has 0 aliphatic carbocycles. The van der Waals surface area contributed by atoms with Gasteiger partial charge in [0.15, 0.2) is 0 Å². The normalized spacial score (nSPS) is 12.4. The third-order valence-corrected chi connectivity index (χ3v) is 3.80. The first-order valence-corrected chi connectivity index (χ1v) is 6.96. The van der Waals surface area contributed by atoms with Gasteiger partial charge in [-0.25, -0.2) is 0 Å². The van der Waals surface area contributed by atoms with Crippen molar-refractivity contribution in [3.8, 4) is 0 Å². The first-order valence-electron chi connectivity index (χ1n) is 6.17. The Labute approximate surface area is 122 Å². The summed E-state index contributed by atoms with van der Waals surface area (Å²) >= 11 is 3.47. The van der Waals surface area contributed by atoms with Crippen LogP contribution in [0.15, 0.2) is 46.9 Å². The monoisotopic (exact) mass is 319 g/mol. The second kappa shape index (κ2) is 6.19. The average molecular weight is 320 g/mol. The van der Waals surface area contributed by atoms with Crippen LogP contribution < -0.4 is 17.0 Å². The van der Waals surface area contributed by atoms with Crippen LogP contribution in [0, 0.1) is 6.92 Å². The maximum Gasteiger partial charge on any atom is 0.0521 e. The minimum Gasteiger partial charge on any atom is -0.398 e. The van der Waals surface area contributed by atoms with Crippen LogP contribution in [-0.2, 0) is 6.42 Å². The highest BCUT2D eigenvalue weighted by molar-refractivity contribution is 9.10. The Morgan fingerprint density at radius 2 is 1.95 bits per heavy atom. The molecule has 1 atom stereocenters. The molecule has 19 heavy (non-hydrogen) atoms. The lowest BCUT2D eigenvalue weighted by Crippen LogP contribution is -2.30. The molecular formula is C15H18BrN3. The maximum absolute atomic E-state index is 6.04. The molecule has 2 aromatic carbocycles. The number of aryl methyl sites for hydroxylation is 1. The van der Waals surface area contributed by atoms with Crippen LogP contribution in [0.2, 0.25) is 0 Å². The molecule has 0 spiro atoms. The van der Waals surface area contributed by atoms with E-state index in [2.05, 4.69) is 40.4 Å².